The second kappa shape index (κ2) is 9.62. The normalized spacial score (nSPS) is 24.4. The van der Waals surface area contributed by atoms with Crippen LogP contribution in [0, 0.1) is 12.8 Å². The van der Waals surface area contributed by atoms with Crippen LogP contribution < -0.4 is 0 Å². The number of aliphatic carboxylic acids is 1. The largest absolute Gasteiger partial charge is 0.479 e. The van der Waals surface area contributed by atoms with Gasteiger partial charge in [0.2, 0.25) is 5.91 Å². The molecule has 4 rings (SSSR count). The molecule has 34 heavy (non-hydrogen) atoms. The van der Waals surface area contributed by atoms with Crippen LogP contribution in [0.4, 0.5) is 0 Å². The second-order valence-electron chi connectivity index (χ2n) is 8.46. The fourth-order valence-electron chi connectivity index (χ4n) is 4.99. The van der Waals surface area contributed by atoms with Gasteiger partial charge in [-0.2, -0.15) is 0 Å². The van der Waals surface area contributed by atoms with Crippen molar-refractivity contribution >= 4 is 51.9 Å². The van der Waals surface area contributed by atoms with Crippen molar-refractivity contribution < 1.29 is 24.2 Å². The molecule has 3 heterocycles. The highest BCUT2D eigenvalue weighted by molar-refractivity contribution is 7.10. The Morgan fingerprint density at radius 1 is 1.15 bits per heavy atom. The summed E-state index contributed by atoms with van der Waals surface area (Å²) in [6, 6.07) is 11.4. The zero-order valence-electron chi connectivity index (χ0n) is 18.9. The fraction of sp³-hybridized carbons (Fsp3) is 0.320. The Balaban J connectivity index is 2.02. The highest BCUT2D eigenvalue weighted by atomic mass is 35.5. The first-order valence-corrected chi connectivity index (χ1v) is 12.8. The number of carboxylic acids is 1. The molecular weight excluding hydrogens is 494 g/mol. The van der Waals surface area contributed by atoms with Crippen LogP contribution in [-0.2, 0) is 14.3 Å². The van der Waals surface area contributed by atoms with Gasteiger partial charge in [-0.05, 0) is 54.4 Å². The zero-order chi connectivity index (χ0) is 24.6. The third-order valence-corrected chi connectivity index (χ3v) is 8.76. The predicted molar refractivity (Wildman–Crippen MR) is 133 cm³/mol. The van der Waals surface area contributed by atoms with Crippen LogP contribution in [0.15, 0.2) is 53.2 Å². The lowest BCUT2D eigenvalue weighted by molar-refractivity contribution is -0.159. The number of benzene rings is 1. The molecule has 3 aromatic rings. The third-order valence-electron chi connectivity index (χ3n) is 6.48. The Bertz CT molecular complexity index is 1220. The van der Waals surface area contributed by atoms with Gasteiger partial charge in [0, 0.05) is 33.4 Å². The van der Waals surface area contributed by atoms with E-state index in [9.17, 15) is 19.5 Å². The number of carbonyl (C=O) groups excluding carboxylic acids is 2. The van der Waals surface area contributed by atoms with Crippen LogP contribution in [0.1, 0.15) is 44.6 Å². The number of hydrogen-bond donors (Lipinski definition) is 1. The molecule has 0 saturated carbocycles. The molecule has 0 aliphatic carbocycles. The topological polar surface area (TPSA) is 83.9 Å². The highest BCUT2D eigenvalue weighted by Crippen LogP contribution is 2.58. The number of hydrogen-bond acceptors (Lipinski definition) is 6. The minimum Gasteiger partial charge on any atom is -0.479 e. The quantitative estimate of drug-likeness (QED) is 0.423. The smallest absolute Gasteiger partial charge is 0.330 e. The van der Waals surface area contributed by atoms with Crippen molar-refractivity contribution in [3.63, 3.8) is 0 Å². The van der Waals surface area contributed by atoms with Gasteiger partial charge in [-0.1, -0.05) is 29.8 Å². The lowest BCUT2D eigenvalue weighted by Gasteiger charge is -2.37. The van der Waals surface area contributed by atoms with E-state index in [-0.39, 0.29) is 12.4 Å². The molecular formula is C25H24ClNO5S2. The number of likely N-dealkylation sites (tertiary alicyclic amines) is 1. The van der Waals surface area contributed by atoms with Crippen LogP contribution in [0.5, 0.6) is 0 Å². The number of thiophene rings is 2. The average molecular weight is 518 g/mol. The second-order valence-corrected chi connectivity index (χ2v) is 10.8. The average Bonchev–Trinajstić information content (AvgIpc) is 3.51. The molecule has 4 atom stereocenters. The molecule has 1 amide bonds. The van der Waals surface area contributed by atoms with Crippen molar-refractivity contribution in [3.05, 3.63) is 79.1 Å². The van der Waals surface area contributed by atoms with Crippen molar-refractivity contribution in [2.24, 2.45) is 5.92 Å². The van der Waals surface area contributed by atoms with Crippen LogP contribution >= 0.6 is 34.3 Å². The molecule has 1 aliphatic heterocycles. The number of ketones is 1. The molecule has 0 spiro atoms. The molecule has 6 nitrogen and oxygen atoms in total. The van der Waals surface area contributed by atoms with Crippen molar-refractivity contribution in [2.75, 3.05) is 13.7 Å². The summed E-state index contributed by atoms with van der Waals surface area (Å²) in [4.78, 5) is 43.5. The molecule has 9 heteroatoms. The summed E-state index contributed by atoms with van der Waals surface area (Å²) in [6.07, 6.45) is 0. The fourth-order valence-corrected chi connectivity index (χ4v) is 7.24. The number of rotatable bonds is 7. The van der Waals surface area contributed by atoms with Crippen molar-refractivity contribution in [1.82, 2.24) is 4.90 Å². The van der Waals surface area contributed by atoms with E-state index in [1.54, 1.807) is 24.3 Å². The van der Waals surface area contributed by atoms with E-state index in [4.69, 9.17) is 16.3 Å². The summed E-state index contributed by atoms with van der Waals surface area (Å²) < 4.78 is 5.13. The molecule has 4 unspecified atom stereocenters. The summed E-state index contributed by atoms with van der Waals surface area (Å²) in [5.41, 5.74) is -0.402. The van der Waals surface area contributed by atoms with Gasteiger partial charge >= 0.3 is 5.97 Å². The molecule has 2 aromatic heterocycles. The summed E-state index contributed by atoms with van der Waals surface area (Å²) in [5, 5.41) is 14.7. The number of aryl methyl sites for hydroxylation is 1. The minimum absolute atomic E-state index is 0.251. The van der Waals surface area contributed by atoms with Crippen molar-refractivity contribution in [3.8, 4) is 0 Å². The Hall–Kier alpha value is -2.52. The summed E-state index contributed by atoms with van der Waals surface area (Å²) in [5.74, 6) is -3.51. The Morgan fingerprint density at radius 2 is 1.91 bits per heavy atom. The highest BCUT2D eigenvalue weighted by Gasteiger charge is 2.65. The van der Waals surface area contributed by atoms with Gasteiger partial charge in [0.1, 0.15) is 12.1 Å². The SMILES string of the molecule is COCC(=O)N1C(c2sccc2C)C(C(=O)c2cccc(Cl)c2)C(c2cccs2)C1(C)C(=O)O. The lowest BCUT2D eigenvalue weighted by Crippen LogP contribution is -2.55. The van der Waals surface area contributed by atoms with Crippen LogP contribution in [-0.4, -0.2) is 46.9 Å². The van der Waals surface area contributed by atoms with E-state index < -0.39 is 35.3 Å². The van der Waals surface area contributed by atoms with Gasteiger partial charge in [0.15, 0.2) is 5.78 Å². The molecule has 178 valence electrons. The maximum Gasteiger partial charge on any atom is 0.330 e. The number of halogens is 1. The zero-order valence-corrected chi connectivity index (χ0v) is 21.2. The Labute approximate surface area is 210 Å². The summed E-state index contributed by atoms with van der Waals surface area (Å²) in [7, 11) is 1.39. The van der Waals surface area contributed by atoms with E-state index in [2.05, 4.69) is 0 Å². The number of carboxylic acid groups (broad SMARTS) is 1. The molecule has 1 saturated heterocycles. The van der Waals surface area contributed by atoms with Crippen LogP contribution in [0.3, 0.4) is 0 Å². The van der Waals surface area contributed by atoms with E-state index >= 15 is 0 Å². The van der Waals surface area contributed by atoms with Crippen molar-refractivity contribution in [2.45, 2.75) is 31.3 Å². The third kappa shape index (κ3) is 3.98. The molecule has 1 aromatic carbocycles. The van der Waals surface area contributed by atoms with Crippen molar-refractivity contribution in [1.29, 1.82) is 0 Å². The molecule has 1 fully saturated rings. The standard InChI is InChI=1S/C25H24ClNO5S2/c1-14-9-11-34-23(14)21-19(22(29)15-6-4-7-16(26)12-15)20(17-8-5-10-33-17)25(2,24(30)31)27(21)18(28)13-32-3/h4-12,19-21H,13H2,1-3H3,(H,30,31). The van der Waals surface area contributed by atoms with E-state index in [1.165, 1.54) is 41.6 Å². The molecule has 0 bridgehead atoms. The predicted octanol–water partition coefficient (Wildman–Crippen LogP) is 5.43. The van der Waals surface area contributed by atoms with Crippen LogP contribution in [0.25, 0.3) is 0 Å². The first kappa shape index (κ1) is 24.6. The monoisotopic (exact) mass is 517 g/mol. The van der Waals surface area contributed by atoms with E-state index in [0.717, 1.165) is 15.3 Å². The summed E-state index contributed by atoms with van der Waals surface area (Å²) >= 11 is 8.99. The number of Topliss-reactive ketones (excluding diaryl/α,β-unsaturated/α-hetero) is 1. The maximum absolute atomic E-state index is 14.1. The van der Waals surface area contributed by atoms with Gasteiger partial charge < -0.3 is 14.7 Å². The molecule has 1 aliphatic rings. The first-order valence-electron chi connectivity index (χ1n) is 10.6. The number of ether oxygens (including phenoxy) is 1. The number of nitrogens with zero attached hydrogens (tertiary/aromatic N) is 1. The van der Waals surface area contributed by atoms with E-state index in [1.807, 2.05) is 35.9 Å². The van der Waals surface area contributed by atoms with Gasteiger partial charge in [-0.3, -0.25) is 9.59 Å². The number of methoxy groups -OCH3 is 1. The summed E-state index contributed by atoms with van der Waals surface area (Å²) in [6.45, 7) is 3.15. The van der Waals surface area contributed by atoms with Gasteiger partial charge in [0.25, 0.3) is 0 Å². The van der Waals surface area contributed by atoms with Crippen LogP contribution in [0.2, 0.25) is 5.02 Å². The van der Waals surface area contributed by atoms with E-state index in [0.29, 0.717) is 10.6 Å². The lowest BCUT2D eigenvalue weighted by atomic mass is 9.75. The molecule has 0 radical (unpaired) electrons. The number of amides is 1. The maximum atomic E-state index is 14.1. The Kier molecular flexibility index (Phi) is 6.96. The first-order chi connectivity index (χ1) is 16.2. The Morgan fingerprint density at radius 3 is 2.47 bits per heavy atom. The van der Waals surface area contributed by atoms with Gasteiger partial charge in [-0.15, -0.1) is 22.7 Å². The molecule has 1 N–H and O–H groups in total. The van der Waals surface area contributed by atoms with Gasteiger partial charge in [0.05, 0.1) is 12.0 Å². The minimum atomic E-state index is -1.68. The number of carbonyl (C=O) groups is 3. The van der Waals surface area contributed by atoms with Gasteiger partial charge in [-0.25, -0.2) is 4.79 Å².